The van der Waals surface area contributed by atoms with E-state index in [4.69, 9.17) is 14.2 Å². The summed E-state index contributed by atoms with van der Waals surface area (Å²) in [5.74, 6) is 0.925. The van der Waals surface area contributed by atoms with Crippen LogP contribution in [0.1, 0.15) is 25.3 Å². The van der Waals surface area contributed by atoms with Gasteiger partial charge in [-0.05, 0) is 26.3 Å². The molecule has 0 radical (unpaired) electrons. The molecular formula is C14H18FNO3. The third kappa shape index (κ3) is 1.92. The molecule has 0 aromatic heterocycles. The lowest BCUT2D eigenvalue weighted by atomic mass is 9.88. The summed E-state index contributed by atoms with van der Waals surface area (Å²) in [7, 11) is 1.46. The molecule has 104 valence electrons. The van der Waals surface area contributed by atoms with Crippen molar-refractivity contribution in [3.05, 3.63) is 17.4 Å². The summed E-state index contributed by atoms with van der Waals surface area (Å²) in [6.07, 6.45) is 1.88. The van der Waals surface area contributed by atoms with Crippen molar-refractivity contribution in [2.75, 3.05) is 26.9 Å². The number of ether oxygens (including phenoxy) is 3. The van der Waals surface area contributed by atoms with E-state index < -0.39 is 5.54 Å². The maximum absolute atomic E-state index is 14.7. The maximum atomic E-state index is 14.7. The Morgan fingerprint density at radius 1 is 1.37 bits per heavy atom. The highest BCUT2D eigenvalue weighted by Crippen LogP contribution is 2.47. The fourth-order valence-electron chi connectivity index (χ4n) is 2.89. The lowest BCUT2D eigenvalue weighted by Gasteiger charge is -2.31. The molecule has 4 nitrogen and oxygen atoms in total. The van der Waals surface area contributed by atoms with Crippen LogP contribution in [0, 0.1) is 5.82 Å². The van der Waals surface area contributed by atoms with Crippen LogP contribution in [-0.2, 0) is 5.54 Å². The number of halogens is 1. The van der Waals surface area contributed by atoms with Gasteiger partial charge in [-0.3, -0.25) is 0 Å². The number of rotatable bonds is 2. The number of nitrogens with one attached hydrogen (secondary N) is 1. The summed E-state index contributed by atoms with van der Waals surface area (Å²) in [5.41, 5.74) is 0.0997. The summed E-state index contributed by atoms with van der Waals surface area (Å²) < 4.78 is 31.0. The van der Waals surface area contributed by atoms with Gasteiger partial charge in [0.25, 0.3) is 0 Å². The summed E-state index contributed by atoms with van der Waals surface area (Å²) in [6.45, 7) is 3.80. The van der Waals surface area contributed by atoms with Gasteiger partial charge in [-0.1, -0.05) is 0 Å². The fraction of sp³-hybridized carbons (Fsp3) is 0.571. The van der Waals surface area contributed by atoms with Crippen LogP contribution in [0.5, 0.6) is 17.2 Å². The highest BCUT2D eigenvalue weighted by atomic mass is 19.1. The van der Waals surface area contributed by atoms with Crippen LogP contribution in [0.15, 0.2) is 6.07 Å². The van der Waals surface area contributed by atoms with E-state index in [-0.39, 0.29) is 11.6 Å². The molecule has 1 aromatic rings. The first kappa shape index (κ1) is 12.5. The smallest absolute Gasteiger partial charge is 0.174 e. The van der Waals surface area contributed by atoms with Crippen LogP contribution in [0.2, 0.25) is 0 Å². The Morgan fingerprint density at radius 3 is 2.84 bits per heavy atom. The Labute approximate surface area is 111 Å². The van der Waals surface area contributed by atoms with E-state index in [0.717, 1.165) is 19.4 Å². The van der Waals surface area contributed by atoms with Gasteiger partial charge < -0.3 is 19.5 Å². The van der Waals surface area contributed by atoms with E-state index in [1.807, 2.05) is 6.92 Å². The second-order valence-corrected chi connectivity index (χ2v) is 5.15. The quantitative estimate of drug-likeness (QED) is 0.891. The minimum atomic E-state index is -0.427. The molecule has 1 unspecified atom stereocenters. The summed E-state index contributed by atoms with van der Waals surface area (Å²) in [5, 5.41) is 3.36. The van der Waals surface area contributed by atoms with Crippen LogP contribution < -0.4 is 19.5 Å². The zero-order chi connectivity index (χ0) is 13.5. The highest BCUT2D eigenvalue weighted by molar-refractivity contribution is 5.56. The zero-order valence-corrected chi connectivity index (χ0v) is 11.2. The normalized spacial score (nSPS) is 25.4. The zero-order valence-electron chi connectivity index (χ0n) is 11.2. The molecule has 0 aliphatic carbocycles. The van der Waals surface area contributed by atoms with E-state index in [1.165, 1.54) is 7.11 Å². The minimum Gasteiger partial charge on any atom is -0.494 e. The topological polar surface area (TPSA) is 39.7 Å². The largest absolute Gasteiger partial charge is 0.494 e. The number of hydrogen-bond donors (Lipinski definition) is 1. The molecule has 0 amide bonds. The second-order valence-electron chi connectivity index (χ2n) is 5.15. The predicted octanol–water partition coefficient (Wildman–Crippen LogP) is 2.20. The maximum Gasteiger partial charge on any atom is 0.174 e. The van der Waals surface area contributed by atoms with E-state index >= 15 is 0 Å². The monoisotopic (exact) mass is 267 g/mol. The van der Waals surface area contributed by atoms with Crippen molar-refractivity contribution in [2.24, 2.45) is 0 Å². The molecule has 1 fully saturated rings. The number of methoxy groups -OCH3 is 1. The summed E-state index contributed by atoms with van der Waals surface area (Å²) in [6, 6.07) is 1.56. The third-order valence-electron chi connectivity index (χ3n) is 3.88. The van der Waals surface area contributed by atoms with E-state index in [9.17, 15) is 4.39 Å². The van der Waals surface area contributed by atoms with Crippen molar-refractivity contribution < 1.29 is 18.6 Å². The molecule has 19 heavy (non-hydrogen) atoms. The van der Waals surface area contributed by atoms with E-state index in [0.29, 0.717) is 30.3 Å². The molecule has 1 saturated heterocycles. The molecule has 1 aromatic carbocycles. The molecular weight excluding hydrogens is 249 g/mol. The molecule has 1 atom stereocenters. The first-order chi connectivity index (χ1) is 9.15. The average molecular weight is 267 g/mol. The molecule has 0 saturated carbocycles. The van der Waals surface area contributed by atoms with Crippen molar-refractivity contribution in [1.29, 1.82) is 0 Å². The van der Waals surface area contributed by atoms with Gasteiger partial charge in [0.15, 0.2) is 23.1 Å². The van der Waals surface area contributed by atoms with Gasteiger partial charge in [0.2, 0.25) is 0 Å². The number of benzene rings is 1. The van der Waals surface area contributed by atoms with Gasteiger partial charge in [0.05, 0.1) is 12.7 Å². The van der Waals surface area contributed by atoms with Gasteiger partial charge in [-0.15, -0.1) is 0 Å². The van der Waals surface area contributed by atoms with Crippen molar-refractivity contribution in [1.82, 2.24) is 5.32 Å². The van der Waals surface area contributed by atoms with Crippen LogP contribution >= 0.6 is 0 Å². The predicted molar refractivity (Wildman–Crippen MR) is 68.5 cm³/mol. The highest BCUT2D eigenvalue weighted by Gasteiger charge is 2.39. The van der Waals surface area contributed by atoms with Gasteiger partial charge >= 0.3 is 0 Å². The summed E-state index contributed by atoms with van der Waals surface area (Å²) in [4.78, 5) is 0. The molecule has 5 heteroatoms. The summed E-state index contributed by atoms with van der Waals surface area (Å²) >= 11 is 0. The second kappa shape index (κ2) is 4.56. The van der Waals surface area contributed by atoms with Gasteiger partial charge in [0.1, 0.15) is 13.2 Å². The van der Waals surface area contributed by atoms with Crippen LogP contribution in [0.3, 0.4) is 0 Å². The van der Waals surface area contributed by atoms with Gasteiger partial charge in [0, 0.05) is 11.6 Å². The van der Waals surface area contributed by atoms with E-state index in [1.54, 1.807) is 6.07 Å². The Balaban J connectivity index is 2.20. The number of hydrogen-bond acceptors (Lipinski definition) is 4. The Kier molecular flexibility index (Phi) is 3.01. The van der Waals surface area contributed by atoms with Gasteiger partial charge in [-0.2, -0.15) is 0 Å². The Morgan fingerprint density at radius 2 is 2.16 bits per heavy atom. The third-order valence-corrected chi connectivity index (χ3v) is 3.88. The van der Waals surface area contributed by atoms with Crippen LogP contribution in [0.25, 0.3) is 0 Å². The van der Waals surface area contributed by atoms with Crippen molar-refractivity contribution in [3.63, 3.8) is 0 Å². The molecule has 2 aliphatic heterocycles. The fourth-order valence-corrected chi connectivity index (χ4v) is 2.89. The lowest BCUT2D eigenvalue weighted by molar-refractivity contribution is 0.163. The van der Waals surface area contributed by atoms with Crippen LogP contribution in [0.4, 0.5) is 4.39 Å². The van der Waals surface area contributed by atoms with Gasteiger partial charge in [-0.25, -0.2) is 4.39 Å². The Hall–Kier alpha value is -1.49. The molecule has 3 rings (SSSR count). The van der Waals surface area contributed by atoms with Crippen molar-refractivity contribution >= 4 is 0 Å². The first-order valence-corrected chi connectivity index (χ1v) is 6.57. The first-order valence-electron chi connectivity index (χ1n) is 6.57. The average Bonchev–Trinajstić information content (AvgIpc) is 2.85. The Bertz CT molecular complexity index is 498. The molecule has 0 bridgehead atoms. The minimum absolute atomic E-state index is 0.203. The van der Waals surface area contributed by atoms with Crippen molar-refractivity contribution in [2.45, 2.75) is 25.3 Å². The SMILES string of the molecule is COc1cc2c(c(C3(C)CCCN3)c1F)OCCO2. The molecule has 1 N–H and O–H groups in total. The molecule has 2 aliphatic rings. The lowest BCUT2D eigenvalue weighted by Crippen LogP contribution is -2.35. The molecule has 2 heterocycles. The van der Waals surface area contributed by atoms with Crippen LogP contribution in [-0.4, -0.2) is 26.9 Å². The molecule has 0 spiro atoms. The number of fused-ring (bicyclic) bond motifs is 1. The van der Waals surface area contributed by atoms with E-state index in [2.05, 4.69) is 5.32 Å². The van der Waals surface area contributed by atoms with Crippen molar-refractivity contribution in [3.8, 4) is 17.2 Å². The standard InChI is InChI=1S/C14H18FNO3/c1-14(4-3-5-16-14)11-12(15)9(17-2)8-10-13(11)19-7-6-18-10/h8,16H,3-7H2,1-2H3.